The fourth-order valence-electron chi connectivity index (χ4n) is 3.71. The molecule has 0 radical (unpaired) electrons. The summed E-state index contributed by atoms with van der Waals surface area (Å²) in [5.74, 6) is -0.942. The van der Waals surface area contributed by atoms with Gasteiger partial charge in [0, 0.05) is 11.3 Å². The molecule has 2 aromatic carbocycles. The Morgan fingerprint density at radius 3 is 2.43 bits per heavy atom. The van der Waals surface area contributed by atoms with Crippen LogP contribution in [-0.4, -0.2) is 53.2 Å². The smallest absolute Gasteiger partial charge is 0.431 e. The first kappa shape index (κ1) is 25.8. The normalized spacial score (nSPS) is 15.1. The summed E-state index contributed by atoms with van der Waals surface area (Å²) < 4.78 is 30.4. The van der Waals surface area contributed by atoms with Crippen molar-refractivity contribution in [1.29, 1.82) is 0 Å². The largest absolute Gasteiger partial charge is 0.492 e. The summed E-state index contributed by atoms with van der Waals surface area (Å²) in [6.07, 6.45) is -0.822. The number of halogens is 2. The lowest BCUT2D eigenvalue weighted by molar-refractivity contribution is 0.0711. The van der Waals surface area contributed by atoms with Crippen LogP contribution in [0.3, 0.4) is 0 Å². The van der Waals surface area contributed by atoms with Crippen molar-refractivity contribution in [2.45, 2.75) is 26.0 Å². The van der Waals surface area contributed by atoms with E-state index in [1.165, 1.54) is 43.5 Å². The van der Waals surface area contributed by atoms with E-state index in [4.69, 9.17) is 25.8 Å². The lowest BCUT2D eigenvalue weighted by Crippen LogP contribution is -2.41. The summed E-state index contributed by atoms with van der Waals surface area (Å²) in [7, 11) is 2.74. The van der Waals surface area contributed by atoms with Crippen molar-refractivity contribution in [3.63, 3.8) is 0 Å². The average Bonchev–Trinajstić information content (AvgIpc) is 2.90. The summed E-state index contributed by atoms with van der Waals surface area (Å²) in [6, 6.07) is 12.5. The molecule has 0 spiro atoms. The number of aromatic nitrogens is 2. The van der Waals surface area contributed by atoms with Crippen molar-refractivity contribution < 1.29 is 28.2 Å². The second kappa shape index (κ2) is 11.2. The summed E-state index contributed by atoms with van der Waals surface area (Å²) in [5, 5.41) is 16.0. The Morgan fingerprint density at radius 1 is 1.08 bits per heavy atom. The van der Waals surface area contributed by atoms with E-state index in [0.717, 1.165) is 5.56 Å². The number of nitrogens with zero attached hydrogens (tertiary/aromatic N) is 4. The molecule has 192 valence electrons. The summed E-state index contributed by atoms with van der Waals surface area (Å²) >= 11 is 5.70. The van der Waals surface area contributed by atoms with Gasteiger partial charge in [-0.2, -0.15) is 10.1 Å². The molecule has 1 N–H and O–H groups in total. The van der Waals surface area contributed by atoms with Gasteiger partial charge in [0.05, 0.1) is 20.8 Å². The molecule has 1 aliphatic heterocycles. The maximum absolute atomic E-state index is 14.2. The van der Waals surface area contributed by atoms with Crippen LogP contribution in [0.1, 0.15) is 35.0 Å². The van der Waals surface area contributed by atoms with Gasteiger partial charge >= 0.3 is 6.09 Å². The molecule has 0 saturated heterocycles. The van der Waals surface area contributed by atoms with Crippen LogP contribution in [0.25, 0.3) is 0 Å². The van der Waals surface area contributed by atoms with Crippen LogP contribution in [-0.2, 0) is 11.3 Å². The van der Waals surface area contributed by atoms with Gasteiger partial charge in [0.15, 0.2) is 28.2 Å². The summed E-state index contributed by atoms with van der Waals surface area (Å²) in [6.45, 7) is 1.94. The van der Waals surface area contributed by atoms with Gasteiger partial charge in [-0.3, -0.25) is 4.79 Å². The van der Waals surface area contributed by atoms with E-state index in [-0.39, 0.29) is 28.9 Å². The van der Waals surface area contributed by atoms with E-state index in [1.54, 1.807) is 24.3 Å². The zero-order chi connectivity index (χ0) is 26.5. The molecule has 1 unspecified atom stereocenters. The first-order valence-electron chi connectivity index (χ1n) is 11.2. The lowest BCUT2D eigenvalue weighted by Gasteiger charge is -2.30. The number of nitrogens with one attached hydrogen (secondary N) is 1. The number of amides is 2. The Hall–Kier alpha value is -4.25. The molecule has 1 aliphatic rings. The number of hydrogen-bond acceptors (Lipinski definition) is 8. The van der Waals surface area contributed by atoms with Crippen LogP contribution in [0.15, 0.2) is 53.6 Å². The topological polar surface area (TPSA) is 115 Å². The summed E-state index contributed by atoms with van der Waals surface area (Å²) in [5.41, 5.74) is 2.22. The predicted octanol–water partition coefficient (Wildman–Crippen LogP) is 4.67. The van der Waals surface area contributed by atoms with Crippen molar-refractivity contribution in [3.05, 3.63) is 76.3 Å². The van der Waals surface area contributed by atoms with Gasteiger partial charge in [0.1, 0.15) is 11.8 Å². The van der Waals surface area contributed by atoms with Crippen molar-refractivity contribution in [2.75, 3.05) is 19.5 Å². The van der Waals surface area contributed by atoms with Gasteiger partial charge in [-0.15, -0.1) is 10.2 Å². The molecule has 37 heavy (non-hydrogen) atoms. The third-order valence-corrected chi connectivity index (χ3v) is 5.72. The first-order chi connectivity index (χ1) is 17.8. The molecule has 0 saturated carbocycles. The molecule has 3 aromatic rings. The number of cyclic esters (lactones) is 1. The van der Waals surface area contributed by atoms with Crippen molar-refractivity contribution in [2.24, 2.45) is 5.10 Å². The number of carbonyl (C=O) groups is 2. The highest BCUT2D eigenvalue weighted by molar-refractivity contribution is 6.29. The van der Waals surface area contributed by atoms with E-state index < -0.39 is 23.9 Å². The molecule has 0 bridgehead atoms. The van der Waals surface area contributed by atoms with Crippen LogP contribution in [0.4, 0.5) is 14.9 Å². The molecule has 12 heteroatoms. The minimum atomic E-state index is -0.652. The van der Waals surface area contributed by atoms with E-state index in [1.807, 2.05) is 6.92 Å². The number of rotatable bonds is 8. The Morgan fingerprint density at radius 2 is 1.81 bits per heavy atom. The molecule has 4 rings (SSSR count). The number of benzene rings is 2. The highest BCUT2D eigenvalue weighted by Gasteiger charge is 2.33. The Balaban J connectivity index is 1.55. The average molecular weight is 528 g/mol. The molecule has 0 aliphatic carbocycles. The third kappa shape index (κ3) is 5.61. The van der Waals surface area contributed by atoms with Crippen molar-refractivity contribution >= 4 is 35.0 Å². The van der Waals surface area contributed by atoms with Crippen LogP contribution in [0.5, 0.6) is 11.5 Å². The maximum atomic E-state index is 14.2. The molecule has 1 atom stereocenters. The highest BCUT2D eigenvalue weighted by atomic mass is 35.5. The monoisotopic (exact) mass is 527 g/mol. The fraction of sp³-hybridized carbons (Fsp3) is 0.240. The van der Waals surface area contributed by atoms with Crippen LogP contribution < -0.4 is 14.8 Å². The Bertz CT molecular complexity index is 1330. The standard InChI is InChI=1S/C25H23ClFN5O5/c1-4-19-21(16-9-10-17(27)23(36-3)22(16)35-2)31-32(25(34)37-19)13-14-5-7-15(8-6-14)28-24(33)18-11-12-20(26)30-29-18/h5-12,19H,4,13H2,1-3H3,(H,28,33). The highest BCUT2D eigenvalue weighted by Crippen LogP contribution is 2.36. The Labute approximate surface area is 217 Å². The molecular weight excluding hydrogens is 505 g/mol. The first-order valence-corrected chi connectivity index (χ1v) is 11.6. The molecule has 2 amide bonds. The number of carbonyl (C=O) groups excluding carboxylic acids is 2. The zero-order valence-corrected chi connectivity index (χ0v) is 21.0. The minimum Gasteiger partial charge on any atom is -0.492 e. The van der Waals surface area contributed by atoms with Gasteiger partial charge in [-0.1, -0.05) is 30.7 Å². The number of hydrazone groups is 1. The molecule has 2 heterocycles. The quantitative estimate of drug-likeness (QED) is 0.452. The number of anilines is 1. The van der Waals surface area contributed by atoms with Gasteiger partial charge < -0.3 is 19.5 Å². The Kier molecular flexibility index (Phi) is 7.83. The molecular formula is C25H23ClFN5O5. The molecule has 1 aromatic heterocycles. The van der Waals surface area contributed by atoms with Gasteiger partial charge in [0.2, 0.25) is 0 Å². The predicted molar refractivity (Wildman–Crippen MR) is 134 cm³/mol. The van der Waals surface area contributed by atoms with E-state index in [2.05, 4.69) is 20.6 Å². The van der Waals surface area contributed by atoms with Crippen LogP contribution in [0, 0.1) is 5.82 Å². The van der Waals surface area contributed by atoms with E-state index >= 15 is 0 Å². The number of ether oxygens (including phenoxy) is 3. The number of hydrogen-bond donors (Lipinski definition) is 1. The second-order valence-electron chi connectivity index (χ2n) is 7.88. The fourth-order valence-corrected chi connectivity index (χ4v) is 3.81. The van der Waals surface area contributed by atoms with Gasteiger partial charge in [-0.25, -0.2) is 9.18 Å². The molecule has 0 fully saturated rings. The van der Waals surface area contributed by atoms with Crippen LogP contribution >= 0.6 is 11.6 Å². The van der Waals surface area contributed by atoms with Gasteiger partial charge in [-0.05, 0) is 48.4 Å². The van der Waals surface area contributed by atoms with Crippen molar-refractivity contribution in [1.82, 2.24) is 15.2 Å². The van der Waals surface area contributed by atoms with Gasteiger partial charge in [0.25, 0.3) is 5.91 Å². The maximum Gasteiger partial charge on any atom is 0.431 e. The SMILES string of the molecule is CCC1OC(=O)N(Cc2ccc(NC(=O)c3ccc(Cl)nn3)cc2)N=C1c1ccc(F)c(OC)c1OC. The third-order valence-electron chi connectivity index (χ3n) is 5.52. The van der Waals surface area contributed by atoms with Crippen LogP contribution in [0.2, 0.25) is 5.15 Å². The minimum absolute atomic E-state index is 0.0665. The van der Waals surface area contributed by atoms with E-state index in [9.17, 15) is 14.0 Å². The molecule has 10 nitrogen and oxygen atoms in total. The zero-order valence-electron chi connectivity index (χ0n) is 20.2. The summed E-state index contributed by atoms with van der Waals surface area (Å²) in [4.78, 5) is 25.0. The van der Waals surface area contributed by atoms with E-state index in [0.29, 0.717) is 23.4 Å². The lowest BCUT2D eigenvalue weighted by atomic mass is 10.0. The number of methoxy groups -OCH3 is 2. The van der Waals surface area contributed by atoms with Crippen molar-refractivity contribution in [3.8, 4) is 11.5 Å². The second-order valence-corrected chi connectivity index (χ2v) is 8.26.